The minimum atomic E-state index is -0.585. The summed E-state index contributed by atoms with van der Waals surface area (Å²) in [5, 5.41) is 3.54. The Labute approximate surface area is 184 Å². The lowest BCUT2D eigenvalue weighted by atomic mass is 10.1. The van der Waals surface area contributed by atoms with Gasteiger partial charge in [0.2, 0.25) is 5.91 Å². The van der Waals surface area contributed by atoms with Crippen LogP contribution in [0.15, 0.2) is 42.5 Å². The van der Waals surface area contributed by atoms with Crippen molar-refractivity contribution in [3.8, 4) is 5.75 Å². The molecular formula is C24H31ClN2O3. The Hall–Kier alpha value is -2.53. The van der Waals surface area contributed by atoms with Crippen LogP contribution in [0.1, 0.15) is 43.9 Å². The minimum absolute atomic E-state index is 0.00905. The van der Waals surface area contributed by atoms with E-state index in [9.17, 15) is 9.59 Å². The van der Waals surface area contributed by atoms with Crippen molar-refractivity contribution < 1.29 is 14.3 Å². The van der Waals surface area contributed by atoms with Crippen LogP contribution in [0.5, 0.6) is 5.75 Å². The summed E-state index contributed by atoms with van der Waals surface area (Å²) in [5.41, 5.74) is 3.00. The fourth-order valence-corrected chi connectivity index (χ4v) is 3.32. The van der Waals surface area contributed by atoms with Gasteiger partial charge in [-0.3, -0.25) is 9.59 Å². The number of aryl methyl sites for hydroxylation is 1. The molecule has 0 radical (unpaired) electrons. The number of ether oxygens (including phenoxy) is 1. The Morgan fingerprint density at radius 3 is 2.37 bits per heavy atom. The van der Waals surface area contributed by atoms with Gasteiger partial charge in [-0.15, -0.1) is 0 Å². The smallest absolute Gasteiger partial charge is 0.261 e. The molecule has 0 aromatic heterocycles. The van der Waals surface area contributed by atoms with Gasteiger partial charge in [0.05, 0.1) is 0 Å². The predicted octanol–water partition coefficient (Wildman–Crippen LogP) is 4.67. The van der Waals surface area contributed by atoms with E-state index < -0.39 is 6.04 Å². The van der Waals surface area contributed by atoms with E-state index in [1.807, 2.05) is 65.0 Å². The molecule has 0 unspecified atom stereocenters. The summed E-state index contributed by atoms with van der Waals surface area (Å²) < 4.78 is 5.83. The third-order valence-corrected chi connectivity index (χ3v) is 5.24. The van der Waals surface area contributed by atoms with Crippen LogP contribution < -0.4 is 10.1 Å². The monoisotopic (exact) mass is 430 g/mol. The third-order valence-electron chi connectivity index (χ3n) is 4.99. The summed E-state index contributed by atoms with van der Waals surface area (Å²) in [5.74, 6) is 0.271. The van der Waals surface area contributed by atoms with Crippen molar-refractivity contribution in [2.45, 2.75) is 59.7 Å². The molecule has 0 saturated heterocycles. The number of carbonyl (C=O) groups excluding carboxylic acids is 2. The van der Waals surface area contributed by atoms with E-state index in [4.69, 9.17) is 16.3 Å². The molecule has 5 nitrogen and oxygen atoms in total. The molecule has 6 heteroatoms. The number of hydrogen-bond acceptors (Lipinski definition) is 3. The quantitative estimate of drug-likeness (QED) is 0.629. The second-order valence-electron chi connectivity index (χ2n) is 7.72. The maximum Gasteiger partial charge on any atom is 0.261 e. The van der Waals surface area contributed by atoms with Gasteiger partial charge in [-0.05, 0) is 69.0 Å². The fraction of sp³-hybridized carbons (Fsp3) is 0.417. The molecule has 1 N–H and O–H groups in total. The van der Waals surface area contributed by atoms with Crippen LogP contribution in [0.25, 0.3) is 0 Å². The largest absolute Gasteiger partial charge is 0.483 e. The molecule has 0 spiro atoms. The molecule has 0 heterocycles. The third kappa shape index (κ3) is 6.49. The highest BCUT2D eigenvalue weighted by Crippen LogP contribution is 2.21. The van der Waals surface area contributed by atoms with Gasteiger partial charge in [0.1, 0.15) is 11.8 Å². The SMILES string of the molecule is CC[C@H](C(=O)NC(C)C)N(Cc1ccc(Cl)cc1)C(=O)COc1cccc(C)c1C. The molecule has 0 aliphatic rings. The Morgan fingerprint density at radius 2 is 1.77 bits per heavy atom. The molecule has 0 aliphatic heterocycles. The van der Waals surface area contributed by atoms with Gasteiger partial charge >= 0.3 is 0 Å². The number of amides is 2. The van der Waals surface area contributed by atoms with E-state index in [0.29, 0.717) is 23.7 Å². The number of hydrogen-bond donors (Lipinski definition) is 1. The predicted molar refractivity (Wildman–Crippen MR) is 121 cm³/mol. The number of benzene rings is 2. The van der Waals surface area contributed by atoms with Crippen LogP contribution in [0.4, 0.5) is 0 Å². The molecule has 2 aromatic rings. The first-order valence-corrected chi connectivity index (χ1v) is 10.6. The summed E-state index contributed by atoms with van der Waals surface area (Å²) in [6.07, 6.45) is 0.501. The van der Waals surface area contributed by atoms with Crippen molar-refractivity contribution in [1.82, 2.24) is 10.2 Å². The van der Waals surface area contributed by atoms with Crippen molar-refractivity contribution in [1.29, 1.82) is 0 Å². The first-order chi connectivity index (χ1) is 14.2. The molecule has 30 heavy (non-hydrogen) atoms. The van der Waals surface area contributed by atoms with E-state index in [1.165, 1.54) is 0 Å². The van der Waals surface area contributed by atoms with Crippen molar-refractivity contribution in [3.63, 3.8) is 0 Å². The van der Waals surface area contributed by atoms with E-state index >= 15 is 0 Å². The highest BCUT2D eigenvalue weighted by atomic mass is 35.5. The number of nitrogens with zero attached hydrogens (tertiary/aromatic N) is 1. The van der Waals surface area contributed by atoms with Crippen molar-refractivity contribution in [3.05, 3.63) is 64.2 Å². The van der Waals surface area contributed by atoms with Gasteiger partial charge in [0.25, 0.3) is 5.91 Å². The number of halogens is 1. The average molecular weight is 431 g/mol. The van der Waals surface area contributed by atoms with Gasteiger partial charge in [0.15, 0.2) is 6.61 Å². The van der Waals surface area contributed by atoms with Gasteiger partial charge in [-0.2, -0.15) is 0 Å². The van der Waals surface area contributed by atoms with E-state index in [1.54, 1.807) is 17.0 Å². The summed E-state index contributed by atoms with van der Waals surface area (Å²) in [7, 11) is 0. The van der Waals surface area contributed by atoms with Crippen molar-refractivity contribution in [2.75, 3.05) is 6.61 Å². The Balaban J connectivity index is 2.23. The molecule has 0 aliphatic carbocycles. The summed E-state index contributed by atoms with van der Waals surface area (Å²) in [4.78, 5) is 27.5. The lowest BCUT2D eigenvalue weighted by Gasteiger charge is -2.31. The van der Waals surface area contributed by atoms with Crippen molar-refractivity contribution in [2.24, 2.45) is 0 Å². The Morgan fingerprint density at radius 1 is 1.10 bits per heavy atom. The second-order valence-corrected chi connectivity index (χ2v) is 8.16. The van der Waals surface area contributed by atoms with Gasteiger partial charge < -0.3 is 15.0 Å². The van der Waals surface area contributed by atoms with Crippen LogP contribution in [-0.4, -0.2) is 35.4 Å². The zero-order valence-electron chi connectivity index (χ0n) is 18.4. The molecule has 0 bridgehead atoms. The normalized spacial score (nSPS) is 11.8. The van der Waals surface area contributed by atoms with Crippen LogP contribution in [-0.2, 0) is 16.1 Å². The topological polar surface area (TPSA) is 58.6 Å². The zero-order chi connectivity index (χ0) is 22.3. The summed E-state index contributed by atoms with van der Waals surface area (Å²) >= 11 is 5.99. The van der Waals surface area contributed by atoms with Crippen LogP contribution in [0.2, 0.25) is 5.02 Å². The van der Waals surface area contributed by atoms with Gasteiger partial charge in [-0.25, -0.2) is 0 Å². The van der Waals surface area contributed by atoms with Crippen LogP contribution >= 0.6 is 11.6 Å². The second kappa shape index (κ2) is 11.0. The molecule has 0 fully saturated rings. The highest BCUT2D eigenvalue weighted by molar-refractivity contribution is 6.30. The molecular weight excluding hydrogens is 400 g/mol. The van der Waals surface area contributed by atoms with Crippen LogP contribution in [0.3, 0.4) is 0 Å². The Kier molecular flexibility index (Phi) is 8.72. The molecule has 2 rings (SSSR count). The molecule has 1 atom stereocenters. The maximum absolute atomic E-state index is 13.2. The lowest BCUT2D eigenvalue weighted by Crippen LogP contribution is -2.51. The Bertz CT molecular complexity index is 865. The maximum atomic E-state index is 13.2. The fourth-order valence-electron chi connectivity index (χ4n) is 3.19. The summed E-state index contributed by atoms with van der Waals surface area (Å²) in [6, 6.07) is 12.4. The average Bonchev–Trinajstić information content (AvgIpc) is 2.69. The van der Waals surface area contributed by atoms with Crippen LogP contribution in [0, 0.1) is 13.8 Å². The van der Waals surface area contributed by atoms with E-state index in [2.05, 4.69) is 5.32 Å². The number of rotatable bonds is 9. The van der Waals surface area contributed by atoms with E-state index in [0.717, 1.165) is 16.7 Å². The zero-order valence-corrected chi connectivity index (χ0v) is 19.1. The lowest BCUT2D eigenvalue weighted by molar-refractivity contribution is -0.143. The molecule has 162 valence electrons. The molecule has 2 aromatic carbocycles. The standard InChI is InChI=1S/C24H31ClN2O3/c1-6-21(24(29)26-16(2)3)27(14-19-10-12-20(25)13-11-19)23(28)15-30-22-9-7-8-17(4)18(22)5/h7-13,16,21H,6,14-15H2,1-5H3,(H,26,29)/t21-/m1/s1. The number of nitrogens with one attached hydrogen (secondary N) is 1. The van der Waals surface area contributed by atoms with Gasteiger partial charge in [0, 0.05) is 17.6 Å². The number of carbonyl (C=O) groups is 2. The van der Waals surface area contributed by atoms with Crippen molar-refractivity contribution >= 4 is 23.4 Å². The first-order valence-electron chi connectivity index (χ1n) is 10.3. The minimum Gasteiger partial charge on any atom is -0.483 e. The molecule has 2 amide bonds. The molecule has 0 saturated carbocycles. The first kappa shape index (κ1) is 23.7. The summed E-state index contributed by atoms with van der Waals surface area (Å²) in [6.45, 7) is 9.84. The van der Waals surface area contributed by atoms with Gasteiger partial charge in [-0.1, -0.05) is 42.8 Å². The highest BCUT2D eigenvalue weighted by Gasteiger charge is 2.29. The van der Waals surface area contributed by atoms with E-state index in [-0.39, 0.29) is 24.5 Å².